The summed E-state index contributed by atoms with van der Waals surface area (Å²) in [6, 6.07) is -0.718. The van der Waals surface area contributed by atoms with Gasteiger partial charge in [-0.15, -0.1) is 0 Å². The van der Waals surface area contributed by atoms with Gasteiger partial charge < -0.3 is 0 Å². The first-order chi connectivity index (χ1) is 6.25. The van der Waals surface area contributed by atoms with E-state index in [1.54, 1.807) is 0 Å². The van der Waals surface area contributed by atoms with Gasteiger partial charge >= 0.3 is 0 Å². The van der Waals surface area contributed by atoms with Crippen LogP contribution in [0.5, 0.6) is 0 Å². The van der Waals surface area contributed by atoms with Crippen LogP contribution in [0.4, 0.5) is 4.39 Å². The van der Waals surface area contributed by atoms with Crippen LogP contribution in [0.2, 0.25) is 0 Å². The van der Waals surface area contributed by atoms with E-state index in [0.29, 0.717) is 0 Å². The van der Waals surface area contributed by atoms with E-state index in [-0.39, 0.29) is 4.47 Å². The molecule has 0 fully saturated rings. The standard InChI is InChI=1S/C6H5BrFN/c1-4-6(7)5(8)2-3-9-4/h2-3H,1H3/i1D3,2D,3D. The third-order valence-corrected chi connectivity index (χ3v) is 1.46. The Kier molecular flexibility index (Phi) is 0.720. The molecule has 0 aliphatic carbocycles. The van der Waals surface area contributed by atoms with Crippen LogP contribution < -0.4 is 0 Å². The van der Waals surface area contributed by atoms with Gasteiger partial charge in [-0.05, 0) is 28.8 Å². The third-order valence-electron chi connectivity index (χ3n) is 0.734. The van der Waals surface area contributed by atoms with Crippen molar-refractivity contribution in [1.29, 1.82) is 0 Å². The fourth-order valence-electron chi connectivity index (χ4n) is 0.341. The van der Waals surface area contributed by atoms with Gasteiger partial charge in [0.05, 0.1) is 12.9 Å². The highest BCUT2D eigenvalue weighted by atomic mass is 79.9. The molecule has 0 amide bonds. The summed E-state index contributed by atoms with van der Waals surface area (Å²) in [5.41, 5.74) is -0.531. The summed E-state index contributed by atoms with van der Waals surface area (Å²) in [5.74, 6) is -1.07. The second kappa shape index (κ2) is 2.43. The first-order valence-electron chi connectivity index (χ1n) is 4.58. The van der Waals surface area contributed by atoms with Crippen molar-refractivity contribution >= 4 is 15.9 Å². The lowest BCUT2D eigenvalue weighted by Crippen LogP contribution is -1.84. The van der Waals surface area contributed by atoms with Gasteiger partial charge in [-0.3, -0.25) is 4.98 Å². The van der Waals surface area contributed by atoms with E-state index in [2.05, 4.69) is 20.9 Å². The summed E-state index contributed by atoms with van der Waals surface area (Å²) in [4.78, 5) is 3.33. The van der Waals surface area contributed by atoms with Crippen LogP contribution >= 0.6 is 15.9 Å². The maximum atomic E-state index is 13.1. The molecule has 1 rings (SSSR count). The zero-order chi connectivity index (χ0) is 11.1. The number of aromatic nitrogens is 1. The zero-order valence-corrected chi connectivity index (χ0v) is 5.79. The van der Waals surface area contributed by atoms with Crippen LogP contribution in [-0.4, -0.2) is 4.98 Å². The van der Waals surface area contributed by atoms with Crippen molar-refractivity contribution in [2.45, 2.75) is 6.85 Å². The molecule has 0 atom stereocenters. The average Bonchev–Trinajstić information content (AvgIpc) is 2.06. The fraction of sp³-hybridized carbons (Fsp3) is 0.167. The average molecular weight is 195 g/mol. The van der Waals surface area contributed by atoms with Crippen LogP contribution in [0.1, 0.15) is 12.5 Å². The lowest BCUT2D eigenvalue weighted by molar-refractivity contribution is 0.616. The van der Waals surface area contributed by atoms with Gasteiger partial charge in [0.1, 0.15) is 5.82 Å². The lowest BCUT2D eigenvalue weighted by atomic mass is 10.4. The highest BCUT2D eigenvalue weighted by molar-refractivity contribution is 9.10. The Morgan fingerprint density at radius 2 is 2.78 bits per heavy atom. The molecular formula is C6H5BrFN. The van der Waals surface area contributed by atoms with E-state index < -0.39 is 30.6 Å². The molecule has 1 aromatic heterocycles. The molecule has 0 aliphatic heterocycles. The second-order valence-electron chi connectivity index (χ2n) is 1.33. The lowest BCUT2D eigenvalue weighted by Gasteiger charge is -1.94. The Hall–Kier alpha value is -0.440. The SMILES string of the molecule is [2H]c1nc(C([2H])([2H])[2H])c(Br)c(F)c1[2H]. The summed E-state index contributed by atoms with van der Waals surface area (Å²) in [6.45, 7) is -2.59. The first-order valence-corrected chi connectivity index (χ1v) is 2.87. The molecule has 0 radical (unpaired) electrons. The van der Waals surface area contributed by atoms with Crippen LogP contribution in [-0.2, 0) is 0 Å². The molecule has 0 saturated carbocycles. The molecule has 3 heteroatoms. The highest BCUT2D eigenvalue weighted by Crippen LogP contribution is 2.16. The fourth-order valence-corrected chi connectivity index (χ4v) is 0.529. The van der Waals surface area contributed by atoms with Gasteiger partial charge in [-0.25, -0.2) is 4.39 Å². The number of halogens is 2. The predicted molar refractivity (Wildman–Crippen MR) is 36.6 cm³/mol. The molecule has 0 aliphatic rings. The minimum Gasteiger partial charge on any atom is -0.260 e. The van der Waals surface area contributed by atoms with Crippen molar-refractivity contribution < 1.29 is 11.2 Å². The molecule has 1 aromatic rings. The first kappa shape index (κ1) is 2.66. The maximum absolute atomic E-state index is 13.1. The number of nitrogens with zero attached hydrogens (tertiary/aromatic N) is 1. The van der Waals surface area contributed by atoms with Gasteiger partial charge in [0.2, 0.25) is 0 Å². The zero-order valence-electron chi connectivity index (χ0n) is 9.20. The van der Waals surface area contributed by atoms with E-state index in [4.69, 9.17) is 6.85 Å². The Morgan fingerprint density at radius 1 is 2.00 bits per heavy atom. The molecule has 0 saturated heterocycles. The Morgan fingerprint density at radius 3 is 3.44 bits per heavy atom. The van der Waals surface area contributed by atoms with Crippen molar-refractivity contribution in [2.24, 2.45) is 0 Å². The summed E-state index contributed by atoms with van der Waals surface area (Å²) in [7, 11) is 0. The number of aryl methyl sites for hydroxylation is 1. The summed E-state index contributed by atoms with van der Waals surface area (Å²) >= 11 is 2.70. The van der Waals surface area contributed by atoms with Crippen molar-refractivity contribution in [3.8, 4) is 0 Å². The van der Waals surface area contributed by atoms with Crippen LogP contribution in [0.25, 0.3) is 0 Å². The molecule has 0 unspecified atom stereocenters. The van der Waals surface area contributed by atoms with Crippen LogP contribution in [0.15, 0.2) is 16.7 Å². The molecule has 0 bridgehead atoms. The minimum absolute atomic E-state index is 0.376. The Labute approximate surface area is 68.1 Å². The Balaban J connectivity index is 3.49. The van der Waals surface area contributed by atoms with E-state index in [1.165, 1.54) is 0 Å². The predicted octanol–water partition coefficient (Wildman–Crippen LogP) is 2.29. The molecule has 1 nitrogen and oxygen atoms in total. The maximum Gasteiger partial charge on any atom is 0.140 e. The van der Waals surface area contributed by atoms with Gasteiger partial charge in [-0.2, -0.15) is 0 Å². The Bertz CT molecular complexity index is 377. The molecule has 9 heavy (non-hydrogen) atoms. The normalized spacial score (nSPS) is 19.1. The van der Waals surface area contributed by atoms with Gasteiger partial charge in [0.15, 0.2) is 0 Å². The molecule has 0 aromatic carbocycles. The molecule has 48 valence electrons. The number of pyridine rings is 1. The smallest absolute Gasteiger partial charge is 0.140 e. The monoisotopic (exact) mass is 194 g/mol. The summed E-state index contributed by atoms with van der Waals surface area (Å²) in [6.07, 6.45) is -0.683. The van der Waals surface area contributed by atoms with Crippen molar-refractivity contribution in [3.63, 3.8) is 0 Å². The number of hydrogen-bond donors (Lipinski definition) is 0. The third kappa shape index (κ3) is 1.27. The minimum atomic E-state index is -2.59. The van der Waals surface area contributed by atoms with E-state index in [9.17, 15) is 4.39 Å². The van der Waals surface area contributed by atoms with Crippen molar-refractivity contribution in [3.05, 3.63) is 28.2 Å². The van der Waals surface area contributed by atoms with Gasteiger partial charge in [0.25, 0.3) is 0 Å². The topological polar surface area (TPSA) is 12.9 Å². The number of hydrogen-bond acceptors (Lipinski definition) is 1. The second-order valence-corrected chi connectivity index (χ2v) is 2.12. The highest BCUT2D eigenvalue weighted by Gasteiger charge is 1.99. The molecule has 1 heterocycles. The van der Waals surface area contributed by atoms with Crippen LogP contribution in [0.3, 0.4) is 0 Å². The van der Waals surface area contributed by atoms with Crippen LogP contribution in [0, 0.1) is 12.7 Å². The summed E-state index contributed by atoms with van der Waals surface area (Å²) < 4.78 is 47.9. The van der Waals surface area contributed by atoms with E-state index in [0.717, 1.165) is 0 Å². The van der Waals surface area contributed by atoms with Crippen molar-refractivity contribution in [2.75, 3.05) is 0 Å². The largest absolute Gasteiger partial charge is 0.260 e. The van der Waals surface area contributed by atoms with Gasteiger partial charge in [-0.1, -0.05) is 0 Å². The summed E-state index contributed by atoms with van der Waals surface area (Å²) in [5, 5.41) is 0. The van der Waals surface area contributed by atoms with Gasteiger partial charge in [0, 0.05) is 10.3 Å². The quantitative estimate of drug-likeness (QED) is 0.618. The van der Waals surface area contributed by atoms with Crippen molar-refractivity contribution in [1.82, 2.24) is 4.98 Å². The van der Waals surface area contributed by atoms with E-state index in [1.807, 2.05) is 0 Å². The molecular weight excluding hydrogens is 185 g/mol. The molecule has 0 N–H and O–H groups in total. The molecule has 0 spiro atoms. The van der Waals surface area contributed by atoms with E-state index >= 15 is 0 Å². The number of rotatable bonds is 0.